The highest BCUT2D eigenvalue weighted by atomic mass is 31.1. The second-order valence-corrected chi connectivity index (χ2v) is 12.3. The molecule has 0 bridgehead atoms. The number of unbranched alkanes of at least 4 members (excludes halogenated alkanes) is 3. The summed E-state index contributed by atoms with van der Waals surface area (Å²) in [4.78, 5) is 44.6. The SMILES string of the molecule is O=C(NCCCC(O)(O[PH](=O)O)O[PH](=O)O)OCn1nnc(CCCCCCN2C(=O)CC[C@@H]2/C=C/[C@@H](O)C(F)(F)c2ccccc2)n1. The lowest BCUT2D eigenvalue weighted by Crippen LogP contribution is -2.34. The van der Waals surface area contributed by atoms with E-state index in [0.29, 0.717) is 38.1 Å². The van der Waals surface area contributed by atoms with Gasteiger partial charge in [0.1, 0.15) is 6.10 Å². The zero-order chi connectivity index (χ0) is 35.2. The number of halogens is 2. The first-order valence-corrected chi connectivity index (χ1v) is 17.6. The Morgan fingerprint density at radius 1 is 1.10 bits per heavy atom. The average molecular weight is 725 g/mol. The second-order valence-electron chi connectivity index (χ2n) is 10.8. The van der Waals surface area contributed by atoms with Crippen LogP contribution in [0, 0.1) is 0 Å². The number of carbonyl (C=O) groups excluding carboxylic acids is 2. The Balaban J connectivity index is 1.30. The van der Waals surface area contributed by atoms with E-state index in [1.165, 1.54) is 30.3 Å². The molecule has 1 saturated heterocycles. The Morgan fingerprint density at radius 3 is 2.48 bits per heavy atom. The number of hydrogen-bond acceptors (Lipinski definition) is 12. The van der Waals surface area contributed by atoms with Crippen LogP contribution in [0.2, 0.25) is 0 Å². The maximum atomic E-state index is 14.6. The van der Waals surface area contributed by atoms with Gasteiger partial charge in [-0.15, -0.1) is 15.0 Å². The molecule has 1 aliphatic rings. The first-order valence-electron chi connectivity index (χ1n) is 15.1. The van der Waals surface area contributed by atoms with Crippen molar-refractivity contribution in [1.82, 2.24) is 30.4 Å². The van der Waals surface area contributed by atoms with E-state index >= 15 is 0 Å². The molecule has 2 amide bonds. The molecule has 5 N–H and O–H groups in total. The van der Waals surface area contributed by atoms with Crippen molar-refractivity contribution in [2.45, 2.75) is 88.6 Å². The lowest BCUT2D eigenvalue weighted by atomic mass is 10.0. The zero-order valence-electron chi connectivity index (χ0n) is 25.8. The highest BCUT2D eigenvalue weighted by Gasteiger charge is 2.39. The number of likely N-dealkylation sites (tertiary alicyclic amines) is 1. The van der Waals surface area contributed by atoms with Crippen LogP contribution in [0.3, 0.4) is 0 Å². The molecule has 2 unspecified atom stereocenters. The monoisotopic (exact) mass is 724 g/mol. The normalized spacial score (nSPS) is 18.5. The molecule has 1 aromatic carbocycles. The molecule has 2 heterocycles. The summed E-state index contributed by atoms with van der Waals surface area (Å²) in [5, 5.41) is 34.2. The zero-order valence-corrected chi connectivity index (χ0v) is 27.8. The van der Waals surface area contributed by atoms with Gasteiger partial charge < -0.3 is 35.0 Å². The quantitative estimate of drug-likeness (QED) is 0.0538. The number of alkyl carbamates (subject to hydrolysis) is 1. The molecule has 2 aromatic rings. The lowest BCUT2D eigenvalue weighted by Gasteiger charge is -2.24. The number of nitrogens with one attached hydrogen (secondary N) is 1. The molecular formula is C27H40F2N6O11P2. The fourth-order valence-corrected chi connectivity index (χ4v) is 5.76. The summed E-state index contributed by atoms with van der Waals surface area (Å²) in [5.74, 6) is -5.86. The van der Waals surface area contributed by atoms with E-state index in [0.717, 1.165) is 30.1 Å². The van der Waals surface area contributed by atoms with Gasteiger partial charge in [0.05, 0.1) is 6.04 Å². The number of tetrazole rings is 1. The molecule has 0 radical (unpaired) electrons. The lowest BCUT2D eigenvalue weighted by molar-refractivity contribution is -0.277. The van der Waals surface area contributed by atoms with E-state index in [1.54, 1.807) is 11.0 Å². The van der Waals surface area contributed by atoms with E-state index in [-0.39, 0.29) is 37.2 Å². The number of amides is 2. The first-order chi connectivity index (χ1) is 22.8. The minimum absolute atomic E-state index is 0.0582. The number of aromatic nitrogens is 4. The van der Waals surface area contributed by atoms with Gasteiger partial charge in [-0.1, -0.05) is 55.3 Å². The molecule has 4 atom stereocenters. The number of alkyl halides is 2. The van der Waals surface area contributed by atoms with Gasteiger partial charge in [-0.05, 0) is 30.9 Å². The Hall–Kier alpha value is -3.15. The van der Waals surface area contributed by atoms with Gasteiger partial charge in [0, 0.05) is 37.9 Å². The molecule has 1 fully saturated rings. The summed E-state index contributed by atoms with van der Waals surface area (Å²) >= 11 is 0. The van der Waals surface area contributed by atoms with Crippen molar-refractivity contribution in [1.29, 1.82) is 0 Å². The van der Waals surface area contributed by atoms with Gasteiger partial charge in [0.2, 0.25) is 12.6 Å². The van der Waals surface area contributed by atoms with E-state index in [1.807, 2.05) is 0 Å². The van der Waals surface area contributed by atoms with Gasteiger partial charge in [0.25, 0.3) is 5.97 Å². The van der Waals surface area contributed by atoms with Gasteiger partial charge in [-0.25, -0.2) is 4.79 Å². The Kier molecular flexibility index (Phi) is 15.7. The molecule has 48 heavy (non-hydrogen) atoms. The minimum atomic E-state index is -3.69. The fraction of sp³-hybridized carbons (Fsp3) is 0.593. The third kappa shape index (κ3) is 13.0. The number of ether oxygens (including phenoxy) is 1. The van der Waals surface area contributed by atoms with Crippen LogP contribution in [0.1, 0.15) is 62.8 Å². The van der Waals surface area contributed by atoms with Crippen molar-refractivity contribution < 1.29 is 61.3 Å². The predicted octanol–water partition coefficient (Wildman–Crippen LogP) is 2.38. The van der Waals surface area contributed by atoms with Gasteiger partial charge in [-0.2, -0.15) is 8.78 Å². The molecular weight excluding hydrogens is 684 g/mol. The summed E-state index contributed by atoms with van der Waals surface area (Å²) in [6, 6.07) is 6.72. The molecule has 0 saturated carbocycles. The van der Waals surface area contributed by atoms with Crippen molar-refractivity contribution in [3.05, 3.63) is 53.9 Å². The largest absolute Gasteiger partial charge is 0.424 e. The highest BCUT2D eigenvalue weighted by Crippen LogP contribution is 2.35. The molecule has 268 valence electrons. The van der Waals surface area contributed by atoms with Gasteiger partial charge in [0.15, 0.2) is 5.82 Å². The average Bonchev–Trinajstić information content (AvgIpc) is 3.63. The number of rotatable bonds is 21. The van der Waals surface area contributed by atoms with Crippen LogP contribution in [0.5, 0.6) is 0 Å². The van der Waals surface area contributed by atoms with Crippen LogP contribution in [0.15, 0.2) is 42.5 Å². The molecule has 3 rings (SSSR count). The molecule has 21 heteroatoms. The third-order valence-corrected chi connectivity index (χ3v) is 8.19. The summed E-state index contributed by atoms with van der Waals surface area (Å²) in [7, 11) is -7.38. The number of aliphatic hydroxyl groups is 2. The number of benzene rings is 1. The number of aryl methyl sites for hydroxylation is 1. The van der Waals surface area contributed by atoms with Crippen molar-refractivity contribution >= 4 is 28.5 Å². The molecule has 1 aromatic heterocycles. The van der Waals surface area contributed by atoms with Crippen molar-refractivity contribution in [3.63, 3.8) is 0 Å². The number of hydrogen-bond donors (Lipinski definition) is 5. The maximum Gasteiger partial charge on any atom is 0.408 e. The van der Waals surface area contributed by atoms with E-state index < -0.39 is 47.0 Å². The van der Waals surface area contributed by atoms with Gasteiger partial charge >= 0.3 is 28.5 Å². The Labute approximate surface area is 275 Å². The Bertz CT molecular complexity index is 1390. The number of carbonyl (C=O) groups is 2. The third-order valence-electron chi connectivity index (χ3n) is 7.21. The fourth-order valence-electron chi connectivity index (χ4n) is 4.85. The Morgan fingerprint density at radius 2 is 1.79 bits per heavy atom. The van der Waals surface area contributed by atoms with Crippen LogP contribution >= 0.6 is 16.5 Å². The highest BCUT2D eigenvalue weighted by molar-refractivity contribution is 7.33. The van der Waals surface area contributed by atoms with Crippen LogP contribution in [0.25, 0.3) is 0 Å². The predicted molar refractivity (Wildman–Crippen MR) is 163 cm³/mol. The minimum Gasteiger partial charge on any atom is -0.424 e. The van der Waals surface area contributed by atoms with Crippen LogP contribution in [0.4, 0.5) is 13.6 Å². The smallest absolute Gasteiger partial charge is 0.408 e. The van der Waals surface area contributed by atoms with Crippen molar-refractivity contribution in [2.24, 2.45) is 0 Å². The van der Waals surface area contributed by atoms with E-state index in [4.69, 9.17) is 14.5 Å². The molecule has 0 aliphatic carbocycles. The maximum absolute atomic E-state index is 14.6. The van der Waals surface area contributed by atoms with E-state index in [9.17, 15) is 37.7 Å². The summed E-state index contributed by atoms with van der Waals surface area (Å²) in [5.41, 5.74) is -0.288. The molecule has 1 aliphatic heterocycles. The van der Waals surface area contributed by atoms with E-state index in [2.05, 4.69) is 29.8 Å². The van der Waals surface area contributed by atoms with Crippen LogP contribution in [-0.2, 0) is 46.8 Å². The molecule has 0 spiro atoms. The second kappa shape index (κ2) is 19.1. The number of nitrogens with zero attached hydrogens (tertiary/aromatic N) is 5. The molecule has 17 nitrogen and oxygen atoms in total. The standard InChI is InChI=1S/C27H40F2N6O11P2/c28-27(29,20-9-4-3-5-10-20)22(36)14-12-21-13-15-24(37)34(21)18-7-2-1-6-11-23-31-33-35(32-23)19-44-25(38)30-17-8-16-26(39,45-47(40)41)46-48(42)43/h3-5,9-10,12,14,21-22,36,39,47-48H,1-2,6-8,11,13,15-19H2,(H,30,38)(H,40,41)(H,42,43)/b14-12+/t21-,22+/m0/s1. The van der Waals surface area contributed by atoms with Crippen LogP contribution < -0.4 is 5.32 Å². The van der Waals surface area contributed by atoms with Gasteiger partial charge in [-0.3, -0.25) is 23.0 Å². The first kappa shape index (κ1) is 39.3. The van der Waals surface area contributed by atoms with Crippen molar-refractivity contribution in [2.75, 3.05) is 13.1 Å². The number of aliphatic hydroxyl groups excluding tert-OH is 1. The summed E-state index contributed by atoms with van der Waals surface area (Å²) < 4.78 is 64.3. The van der Waals surface area contributed by atoms with Crippen molar-refractivity contribution in [3.8, 4) is 0 Å². The topological polar surface area (TPSA) is 236 Å². The summed E-state index contributed by atoms with van der Waals surface area (Å²) in [6.45, 7) is 0.00112. The van der Waals surface area contributed by atoms with Crippen LogP contribution in [-0.4, -0.2) is 88.3 Å². The summed E-state index contributed by atoms with van der Waals surface area (Å²) in [6.07, 6.45) is 3.39.